The van der Waals surface area contributed by atoms with E-state index < -0.39 is 4.92 Å². The Morgan fingerprint density at radius 3 is 2.87 bits per heavy atom. The first-order chi connectivity index (χ1) is 7.00. The number of aromatic nitrogens is 1. The van der Waals surface area contributed by atoms with Crippen molar-refractivity contribution in [3.05, 3.63) is 27.4 Å². The number of hydrogen-bond acceptors (Lipinski definition) is 4. The van der Waals surface area contributed by atoms with E-state index in [-0.39, 0.29) is 22.5 Å². The highest BCUT2D eigenvalue weighted by Gasteiger charge is 2.17. The Bertz CT molecular complexity index is 368. The molecule has 15 heavy (non-hydrogen) atoms. The molecule has 0 atom stereocenters. The zero-order chi connectivity index (χ0) is 11.4. The van der Waals surface area contributed by atoms with Crippen molar-refractivity contribution in [3.63, 3.8) is 0 Å². The molecule has 0 saturated carbocycles. The molecule has 0 saturated heterocycles. The molecule has 6 heteroatoms. The summed E-state index contributed by atoms with van der Waals surface area (Å²) in [7, 11) is 0. The summed E-state index contributed by atoms with van der Waals surface area (Å²) in [4.78, 5) is 13.9. The fourth-order valence-corrected chi connectivity index (χ4v) is 1.06. The number of rotatable bonds is 4. The van der Waals surface area contributed by atoms with Gasteiger partial charge < -0.3 is 4.74 Å². The largest absolute Gasteiger partial charge is 0.473 e. The molecule has 0 amide bonds. The first-order valence-electron chi connectivity index (χ1n) is 4.43. The van der Waals surface area contributed by atoms with E-state index in [9.17, 15) is 10.1 Å². The van der Waals surface area contributed by atoms with Gasteiger partial charge in [-0.3, -0.25) is 10.1 Å². The van der Waals surface area contributed by atoms with E-state index in [0.717, 1.165) is 0 Å². The van der Waals surface area contributed by atoms with E-state index >= 15 is 0 Å². The molecule has 0 fully saturated rings. The molecule has 0 aliphatic heterocycles. The lowest BCUT2D eigenvalue weighted by atomic mass is 10.2. The van der Waals surface area contributed by atoms with Crippen molar-refractivity contribution in [1.82, 2.24) is 4.98 Å². The third kappa shape index (κ3) is 3.36. The first kappa shape index (κ1) is 11.7. The minimum absolute atomic E-state index is 0.0121. The molecule has 0 N–H and O–H groups in total. The minimum atomic E-state index is -0.561. The number of nitrogens with zero attached hydrogens (tertiary/aromatic N) is 2. The molecule has 0 spiro atoms. The number of hydrogen-bond donors (Lipinski definition) is 0. The summed E-state index contributed by atoms with van der Waals surface area (Å²) in [6.45, 7) is 4.28. The summed E-state index contributed by atoms with van der Waals surface area (Å²) in [5.74, 6) is 0.292. The molecule has 1 heterocycles. The number of nitro groups is 1. The van der Waals surface area contributed by atoms with Crippen LogP contribution < -0.4 is 4.74 Å². The second-order valence-electron chi connectivity index (χ2n) is 3.44. The highest BCUT2D eigenvalue weighted by molar-refractivity contribution is 6.30. The summed E-state index contributed by atoms with van der Waals surface area (Å²) < 4.78 is 5.20. The standard InChI is InChI=1S/C9H11ClN2O3/c1-6(2)5-15-9-8(12(13)14)3-7(10)4-11-9/h3-4,6H,5H2,1-2H3. The topological polar surface area (TPSA) is 65.3 Å². The highest BCUT2D eigenvalue weighted by atomic mass is 35.5. The maximum absolute atomic E-state index is 10.6. The van der Waals surface area contributed by atoms with E-state index in [0.29, 0.717) is 6.61 Å². The van der Waals surface area contributed by atoms with Crippen LogP contribution in [0.4, 0.5) is 5.69 Å². The van der Waals surface area contributed by atoms with Crippen LogP contribution >= 0.6 is 11.6 Å². The molecule has 0 aliphatic carbocycles. The van der Waals surface area contributed by atoms with Gasteiger partial charge in [0, 0.05) is 6.07 Å². The van der Waals surface area contributed by atoms with Crippen LogP contribution in [-0.4, -0.2) is 16.5 Å². The van der Waals surface area contributed by atoms with Crippen LogP contribution in [0.15, 0.2) is 12.3 Å². The van der Waals surface area contributed by atoms with Crippen LogP contribution in [0.1, 0.15) is 13.8 Å². The van der Waals surface area contributed by atoms with Gasteiger partial charge in [0.1, 0.15) is 0 Å². The molecule has 0 bridgehead atoms. The minimum Gasteiger partial charge on any atom is -0.473 e. The molecular formula is C9H11ClN2O3. The van der Waals surface area contributed by atoms with Gasteiger partial charge >= 0.3 is 5.69 Å². The molecule has 1 aromatic rings. The predicted octanol–water partition coefficient (Wildman–Crippen LogP) is 2.68. The molecule has 82 valence electrons. The third-order valence-electron chi connectivity index (χ3n) is 1.55. The highest BCUT2D eigenvalue weighted by Crippen LogP contribution is 2.27. The number of halogens is 1. The van der Waals surface area contributed by atoms with Gasteiger partial charge in [-0.1, -0.05) is 25.4 Å². The fraction of sp³-hybridized carbons (Fsp3) is 0.444. The Balaban J connectivity index is 2.91. The lowest BCUT2D eigenvalue weighted by molar-refractivity contribution is -0.386. The van der Waals surface area contributed by atoms with Crippen LogP contribution in [0.25, 0.3) is 0 Å². The normalized spacial score (nSPS) is 10.4. The van der Waals surface area contributed by atoms with Crippen LogP contribution in [-0.2, 0) is 0 Å². The predicted molar refractivity (Wildman–Crippen MR) is 56.2 cm³/mol. The smallest absolute Gasteiger partial charge is 0.332 e. The summed E-state index contributed by atoms with van der Waals surface area (Å²) in [6.07, 6.45) is 1.32. The van der Waals surface area contributed by atoms with Gasteiger partial charge in [-0.2, -0.15) is 0 Å². The lowest BCUT2D eigenvalue weighted by Gasteiger charge is -2.07. The second kappa shape index (κ2) is 4.93. The Morgan fingerprint density at radius 2 is 2.33 bits per heavy atom. The second-order valence-corrected chi connectivity index (χ2v) is 3.88. The molecular weight excluding hydrogens is 220 g/mol. The molecule has 0 aliphatic rings. The van der Waals surface area contributed by atoms with Crippen molar-refractivity contribution >= 4 is 17.3 Å². The molecule has 0 aromatic carbocycles. The molecule has 1 aromatic heterocycles. The quantitative estimate of drug-likeness (QED) is 0.589. The Morgan fingerprint density at radius 1 is 1.67 bits per heavy atom. The third-order valence-corrected chi connectivity index (χ3v) is 1.76. The average molecular weight is 231 g/mol. The number of pyridine rings is 1. The Kier molecular flexibility index (Phi) is 3.85. The van der Waals surface area contributed by atoms with Gasteiger partial charge in [0.05, 0.1) is 22.7 Å². The van der Waals surface area contributed by atoms with Crippen LogP contribution in [0.5, 0.6) is 5.88 Å². The van der Waals surface area contributed by atoms with Gasteiger partial charge in [-0.25, -0.2) is 4.98 Å². The van der Waals surface area contributed by atoms with Crippen molar-refractivity contribution in [2.75, 3.05) is 6.61 Å². The van der Waals surface area contributed by atoms with E-state index in [2.05, 4.69) is 4.98 Å². The van der Waals surface area contributed by atoms with Gasteiger partial charge in [-0.15, -0.1) is 0 Å². The number of ether oxygens (including phenoxy) is 1. The maximum Gasteiger partial charge on any atom is 0.332 e. The SMILES string of the molecule is CC(C)COc1ncc(Cl)cc1[N+](=O)[O-]. The van der Waals surface area contributed by atoms with E-state index in [1.54, 1.807) is 0 Å². The van der Waals surface area contributed by atoms with Crippen molar-refractivity contribution in [2.45, 2.75) is 13.8 Å². The van der Waals surface area contributed by atoms with Gasteiger partial charge in [0.2, 0.25) is 0 Å². The Labute approximate surface area is 92.2 Å². The average Bonchev–Trinajstić information content (AvgIpc) is 2.15. The van der Waals surface area contributed by atoms with Gasteiger partial charge in [0.25, 0.3) is 5.88 Å². The zero-order valence-corrected chi connectivity index (χ0v) is 9.19. The maximum atomic E-state index is 10.6. The van der Waals surface area contributed by atoms with Crippen molar-refractivity contribution in [2.24, 2.45) is 5.92 Å². The monoisotopic (exact) mass is 230 g/mol. The lowest BCUT2D eigenvalue weighted by Crippen LogP contribution is -2.07. The van der Waals surface area contributed by atoms with Gasteiger partial charge in [-0.05, 0) is 5.92 Å². The summed E-state index contributed by atoms with van der Waals surface area (Å²) in [6, 6.07) is 1.23. The van der Waals surface area contributed by atoms with Crippen molar-refractivity contribution in [1.29, 1.82) is 0 Å². The molecule has 5 nitrogen and oxygen atoms in total. The van der Waals surface area contributed by atoms with Crippen LogP contribution in [0.3, 0.4) is 0 Å². The summed E-state index contributed by atoms with van der Waals surface area (Å²) >= 11 is 5.60. The van der Waals surface area contributed by atoms with E-state index in [1.807, 2.05) is 13.8 Å². The van der Waals surface area contributed by atoms with Crippen molar-refractivity contribution in [3.8, 4) is 5.88 Å². The molecule has 0 radical (unpaired) electrons. The van der Waals surface area contributed by atoms with E-state index in [1.165, 1.54) is 12.3 Å². The fourth-order valence-electron chi connectivity index (χ4n) is 0.904. The molecule has 0 unspecified atom stereocenters. The summed E-state index contributed by atoms with van der Waals surface area (Å²) in [5, 5.41) is 10.9. The summed E-state index contributed by atoms with van der Waals surface area (Å²) in [5.41, 5.74) is -0.205. The van der Waals surface area contributed by atoms with Crippen LogP contribution in [0, 0.1) is 16.0 Å². The zero-order valence-electron chi connectivity index (χ0n) is 8.44. The molecule has 1 rings (SSSR count). The Hall–Kier alpha value is -1.36. The van der Waals surface area contributed by atoms with E-state index in [4.69, 9.17) is 16.3 Å². The van der Waals surface area contributed by atoms with Gasteiger partial charge in [0.15, 0.2) is 0 Å². The first-order valence-corrected chi connectivity index (χ1v) is 4.81. The van der Waals surface area contributed by atoms with Crippen LogP contribution in [0.2, 0.25) is 5.02 Å². The van der Waals surface area contributed by atoms with Crippen molar-refractivity contribution < 1.29 is 9.66 Å².